The fourth-order valence-electron chi connectivity index (χ4n) is 2.96. The predicted molar refractivity (Wildman–Crippen MR) is 123 cm³/mol. The highest BCUT2D eigenvalue weighted by atomic mass is 16.2. The van der Waals surface area contributed by atoms with E-state index in [-0.39, 0.29) is 23.5 Å². The molecular formula is C24H29N5O4. The van der Waals surface area contributed by atoms with Crippen LogP contribution >= 0.6 is 0 Å². The van der Waals surface area contributed by atoms with Crippen LogP contribution in [0.3, 0.4) is 0 Å². The van der Waals surface area contributed by atoms with Crippen molar-refractivity contribution in [1.82, 2.24) is 25.9 Å². The number of nitrogens with one attached hydrogen (secondary N) is 3. The van der Waals surface area contributed by atoms with Crippen LogP contribution in [0.2, 0.25) is 0 Å². The zero-order valence-corrected chi connectivity index (χ0v) is 19.1. The van der Waals surface area contributed by atoms with Crippen LogP contribution in [0.5, 0.6) is 0 Å². The van der Waals surface area contributed by atoms with Gasteiger partial charge in [0.2, 0.25) is 5.91 Å². The lowest BCUT2D eigenvalue weighted by molar-refractivity contribution is -0.123. The molecule has 0 saturated carbocycles. The number of rotatable bonds is 10. The Bertz CT molecular complexity index is 990. The van der Waals surface area contributed by atoms with Crippen molar-refractivity contribution in [3.63, 3.8) is 0 Å². The molecule has 3 amide bonds. The summed E-state index contributed by atoms with van der Waals surface area (Å²) in [6.45, 7) is 7.22. The Balaban J connectivity index is 1.99. The van der Waals surface area contributed by atoms with Crippen molar-refractivity contribution >= 4 is 23.5 Å². The van der Waals surface area contributed by atoms with Gasteiger partial charge in [0.1, 0.15) is 6.04 Å². The molecule has 2 aromatic heterocycles. The van der Waals surface area contributed by atoms with E-state index in [9.17, 15) is 19.2 Å². The third-order valence-corrected chi connectivity index (χ3v) is 4.85. The second kappa shape index (κ2) is 12.2. The van der Waals surface area contributed by atoms with E-state index in [1.54, 1.807) is 38.1 Å². The quantitative estimate of drug-likeness (QED) is 0.473. The van der Waals surface area contributed by atoms with Crippen LogP contribution in [0.4, 0.5) is 0 Å². The van der Waals surface area contributed by atoms with Gasteiger partial charge in [0.25, 0.3) is 11.8 Å². The first-order valence-electron chi connectivity index (χ1n) is 10.6. The van der Waals surface area contributed by atoms with Crippen molar-refractivity contribution in [3.05, 3.63) is 72.5 Å². The minimum atomic E-state index is -0.808. The Labute approximate surface area is 193 Å². The summed E-state index contributed by atoms with van der Waals surface area (Å²) in [5.74, 6) is -1.98. The highest BCUT2D eigenvalue weighted by Gasteiger charge is 2.25. The second-order valence-corrected chi connectivity index (χ2v) is 8.11. The summed E-state index contributed by atoms with van der Waals surface area (Å²) in [5.41, 5.74) is 0.782. The zero-order valence-electron chi connectivity index (χ0n) is 19.1. The number of hydrogen-bond donors (Lipinski definition) is 3. The molecule has 0 aliphatic carbocycles. The molecule has 2 aromatic rings. The van der Waals surface area contributed by atoms with Gasteiger partial charge in [-0.2, -0.15) is 0 Å². The van der Waals surface area contributed by atoms with Crippen molar-refractivity contribution < 1.29 is 19.2 Å². The molecule has 0 unspecified atom stereocenters. The maximum Gasteiger partial charge on any atom is 0.252 e. The maximum atomic E-state index is 12.7. The van der Waals surface area contributed by atoms with Gasteiger partial charge in [0, 0.05) is 42.1 Å². The van der Waals surface area contributed by atoms with Gasteiger partial charge in [0.05, 0.1) is 6.04 Å². The van der Waals surface area contributed by atoms with Gasteiger partial charge >= 0.3 is 0 Å². The van der Waals surface area contributed by atoms with E-state index in [2.05, 4.69) is 25.9 Å². The molecule has 0 radical (unpaired) electrons. The highest BCUT2D eigenvalue weighted by molar-refractivity contribution is 6.01. The number of amides is 3. The predicted octanol–water partition coefficient (Wildman–Crippen LogP) is 1.88. The zero-order chi connectivity index (χ0) is 24.4. The summed E-state index contributed by atoms with van der Waals surface area (Å²) in [5, 5.41) is 7.95. The lowest BCUT2D eigenvalue weighted by Crippen LogP contribution is -2.48. The van der Waals surface area contributed by atoms with Crippen molar-refractivity contribution in [1.29, 1.82) is 0 Å². The number of ketones is 1. The van der Waals surface area contributed by atoms with Crippen molar-refractivity contribution in [2.24, 2.45) is 11.8 Å². The number of pyridine rings is 2. The Morgan fingerprint density at radius 3 is 1.58 bits per heavy atom. The van der Waals surface area contributed by atoms with Gasteiger partial charge in [-0.15, -0.1) is 0 Å². The van der Waals surface area contributed by atoms with E-state index in [0.717, 1.165) is 0 Å². The molecule has 0 saturated heterocycles. The monoisotopic (exact) mass is 451 g/mol. The molecule has 9 heteroatoms. The van der Waals surface area contributed by atoms with E-state index in [1.807, 2.05) is 13.8 Å². The standard InChI is InChI=1S/C24H29N5O4/c1-15(2)20(28-22(31)17-5-10-25-11-6-17)19(30)9-14-27-24(33)21(16(3)4)29-23(32)18-7-12-26-13-8-18/h5-16,20-21H,1-4H3,(H,27,33)(H,28,31)(H,29,32)/b14-9+/t20-,21-/m0/s1. The summed E-state index contributed by atoms with van der Waals surface area (Å²) in [7, 11) is 0. The largest absolute Gasteiger partial charge is 0.342 e. The minimum Gasteiger partial charge on any atom is -0.342 e. The highest BCUT2D eigenvalue weighted by Crippen LogP contribution is 2.07. The number of carbonyl (C=O) groups excluding carboxylic acids is 4. The van der Waals surface area contributed by atoms with E-state index < -0.39 is 23.9 Å². The SMILES string of the molecule is CC(C)[C@H](NC(=O)c1ccncc1)C(=O)/C=C/NC(=O)[C@@H](NC(=O)c1ccncc1)C(C)C. The Kier molecular flexibility index (Phi) is 9.41. The second-order valence-electron chi connectivity index (χ2n) is 8.11. The van der Waals surface area contributed by atoms with Crippen LogP contribution in [-0.2, 0) is 9.59 Å². The maximum absolute atomic E-state index is 12.7. The Morgan fingerprint density at radius 1 is 0.727 bits per heavy atom. The smallest absolute Gasteiger partial charge is 0.252 e. The van der Waals surface area contributed by atoms with E-state index in [0.29, 0.717) is 11.1 Å². The molecule has 0 aliphatic heterocycles. The first-order chi connectivity index (χ1) is 15.7. The summed E-state index contributed by atoms with van der Waals surface area (Å²) in [6, 6.07) is 4.63. The Hall–Kier alpha value is -3.88. The third-order valence-electron chi connectivity index (χ3n) is 4.85. The van der Waals surface area contributed by atoms with Crippen LogP contribution in [0, 0.1) is 11.8 Å². The normalized spacial score (nSPS) is 12.9. The molecule has 2 heterocycles. The van der Waals surface area contributed by atoms with Gasteiger partial charge in [-0.25, -0.2) is 0 Å². The molecule has 0 fully saturated rings. The topological polar surface area (TPSA) is 130 Å². The fourth-order valence-corrected chi connectivity index (χ4v) is 2.96. The fraction of sp³-hybridized carbons (Fsp3) is 0.333. The van der Waals surface area contributed by atoms with Gasteiger partial charge in [-0.3, -0.25) is 29.1 Å². The Morgan fingerprint density at radius 2 is 1.15 bits per heavy atom. The molecule has 9 nitrogen and oxygen atoms in total. The van der Waals surface area contributed by atoms with Crippen molar-refractivity contribution in [3.8, 4) is 0 Å². The van der Waals surface area contributed by atoms with E-state index >= 15 is 0 Å². The van der Waals surface area contributed by atoms with Gasteiger partial charge in [-0.1, -0.05) is 27.7 Å². The summed E-state index contributed by atoms with van der Waals surface area (Å²) in [4.78, 5) is 57.8. The van der Waals surface area contributed by atoms with Gasteiger partial charge in [0.15, 0.2) is 5.78 Å². The van der Waals surface area contributed by atoms with Gasteiger partial charge < -0.3 is 16.0 Å². The molecular weight excluding hydrogens is 422 g/mol. The van der Waals surface area contributed by atoms with Crippen molar-refractivity contribution in [2.75, 3.05) is 0 Å². The molecule has 2 rings (SSSR count). The van der Waals surface area contributed by atoms with Crippen LogP contribution in [0.1, 0.15) is 48.4 Å². The van der Waals surface area contributed by atoms with Gasteiger partial charge in [-0.05, 0) is 42.2 Å². The average molecular weight is 452 g/mol. The van der Waals surface area contributed by atoms with Crippen LogP contribution in [0.15, 0.2) is 61.3 Å². The average Bonchev–Trinajstić information content (AvgIpc) is 2.81. The molecule has 0 aromatic carbocycles. The van der Waals surface area contributed by atoms with Crippen LogP contribution < -0.4 is 16.0 Å². The summed E-state index contributed by atoms with van der Waals surface area (Å²) in [6.07, 6.45) is 8.41. The number of carbonyl (C=O) groups is 4. The van der Waals surface area contributed by atoms with E-state index in [1.165, 1.54) is 37.1 Å². The molecule has 3 N–H and O–H groups in total. The van der Waals surface area contributed by atoms with E-state index in [4.69, 9.17) is 0 Å². The van der Waals surface area contributed by atoms with Crippen molar-refractivity contribution in [2.45, 2.75) is 39.8 Å². The van der Waals surface area contributed by atoms with Crippen LogP contribution in [0.25, 0.3) is 0 Å². The molecule has 0 aliphatic rings. The first kappa shape index (κ1) is 25.4. The number of aromatic nitrogens is 2. The molecule has 174 valence electrons. The molecule has 33 heavy (non-hydrogen) atoms. The first-order valence-corrected chi connectivity index (χ1v) is 10.6. The summed E-state index contributed by atoms with van der Waals surface area (Å²) >= 11 is 0. The summed E-state index contributed by atoms with van der Waals surface area (Å²) < 4.78 is 0. The molecule has 2 atom stereocenters. The lowest BCUT2D eigenvalue weighted by atomic mass is 9.99. The number of nitrogens with zero attached hydrogens (tertiary/aromatic N) is 2. The number of hydrogen-bond acceptors (Lipinski definition) is 6. The van der Waals surface area contributed by atoms with Crippen LogP contribution in [-0.4, -0.2) is 45.6 Å². The minimum absolute atomic E-state index is 0.174. The lowest BCUT2D eigenvalue weighted by Gasteiger charge is -2.21. The third kappa shape index (κ3) is 7.64. The molecule has 0 spiro atoms. The molecule has 0 bridgehead atoms.